The average Bonchev–Trinajstić information content (AvgIpc) is 3.11. The fourth-order valence-corrected chi connectivity index (χ4v) is 4.38. The van der Waals surface area contributed by atoms with Crippen LogP contribution in [-0.4, -0.2) is 39.4 Å². The summed E-state index contributed by atoms with van der Waals surface area (Å²) < 4.78 is 1.28. The lowest BCUT2D eigenvalue weighted by Gasteiger charge is -2.28. The first-order chi connectivity index (χ1) is 16.0. The Kier molecular flexibility index (Phi) is 7.86. The van der Waals surface area contributed by atoms with Gasteiger partial charge in [0.2, 0.25) is 11.8 Å². The lowest BCUT2D eigenvalue weighted by molar-refractivity contribution is -0.128. The van der Waals surface area contributed by atoms with Gasteiger partial charge in [0, 0.05) is 37.6 Å². The summed E-state index contributed by atoms with van der Waals surface area (Å²) in [5, 5.41) is 0.554. The Morgan fingerprint density at radius 3 is 2.47 bits per heavy atom. The maximum atomic E-state index is 13.6. The molecule has 1 atom stereocenters. The lowest BCUT2D eigenvalue weighted by atomic mass is 10.1. The van der Waals surface area contributed by atoms with Crippen LogP contribution in [-0.2, 0) is 22.7 Å². The minimum Gasteiger partial charge on any atom is -0.383 e. The highest BCUT2D eigenvalue weighted by Gasteiger charge is 2.38. The number of anilines is 2. The van der Waals surface area contributed by atoms with E-state index in [2.05, 4.69) is 4.98 Å². The largest absolute Gasteiger partial charge is 0.383 e. The van der Waals surface area contributed by atoms with E-state index in [0.29, 0.717) is 18.1 Å². The van der Waals surface area contributed by atoms with Crippen LogP contribution >= 0.6 is 11.6 Å². The smallest absolute Gasteiger partial charge is 0.330 e. The molecule has 1 aromatic carbocycles. The molecule has 2 aromatic rings. The third kappa shape index (κ3) is 5.52. The number of hydrogen-bond acceptors (Lipinski definition) is 5. The van der Waals surface area contributed by atoms with Crippen LogP contribution < -0.4 is 21.9 Å². The SMILES string of the molecule is CC(C)CN(C(=O)C1CC(=O)N(Cc2ccccc2Cl)C1)c1c(N)n(CC(C)C)c(=O)[nH]c1=O. The minimum atomic E-state index is -0.714. The molecule has 3 rings (SSSR count). The Morgan fingerprint density at radius 1 is 1.18 bits per heavy atom. The zero-order valence-corrected chi connectivity index (χ0v) is 20.8. The Labute approximate surface area is 203 Å². The summed E-state index contributed by atoms with van der Waals surface area (Å²) in [6, 6.07) is 7.25. The third-order valence-electron chi connectivity index (χ3n) is 5.73. The second-order valence-electron chi connectivity index (χ2n) is 9.61. The molecule has 0 saturated carbocycles. The highest BCUT2D eigenvalue weighted by atomic mass is 35.5. The Balaban J connectivity index is 1.93. The van der Waals surface area contributed by atoms with Crippen LogP contribution in [0.1, 0.15) is 39.7 Å². The monoisotopic (exact) mass is 489 g/mol. The molecule has 2 heterocycles. The van der Waals surface area contributed by atoms with Crippen LogP contribution in [0.25, 0.3) is 0 Å². The molecule has 1 unspecified atom stereocenters. The zero-order valence-electron chi connectivity index (χ0n) is 20.0. The molecule has 0 bridgehead atoms. The van der Waals surface area contributed by atoms with Crippen molar-refractivity contribution in [2.24, 2.45) is 17.8 Å². The van der Waals surface area contributed by atoms with E-state index >= 15 is 0 Å². The molecule has 10 heteroatoms. The second-order valence-corrected chi connectivity index (χ2v) is 10.0. The van der Waals surface area contributed by atoms with Crippen LogP contribution in [0.2, 0.25) is 5.02 Å². The van der Waals surface area contributed by atoms with Crippen molar-refractivity contribution >= 4 is 34.9 Å². The van der Waals surface area contributed by atoms with Crippen LogP contribution in [0.5, 0.6) is 0 Å². The fraction of sp³-hybridized carbons (Fsp3) is 0.500. The van der Waals surface area contributed by atoms with Gasteiger partial charge in [0.05, 0.1) is 5.92 Å². The van der Waals surface area contributed by atoms with Gasteiger partial charge >= 0.3 is 5.69 Å². The van der Waals surface area contributed by atoms with Crippen molar-refractivity contribution in [3.8, 4) is 0 Å². The van der Waals surface area contributed by atoms with Crippen molar-refractivity contribution in [2.45, 2.75) is 47.2 Å². The molecule has 3 N–H and O–H groups in total. The number of nitrogen functional groups attached to an aromatic ring is 1. The molecule has 9 nitrogen and oxygen atoms in total. The highest BCUT2D eigenvalue weighted by Crippen LogP contribution is 2.28. The predicted octanol–water partition coefficient (Wildman–Crippen LogP) is 2.47. The lowest BCUT2D eigenvalue weighted by Crippen LogP contribution is -2.45. The summed E-state index contributed by atoms with van der Waals surface area (Å²) in [7, 11) is 0. The number of aromatic nitrogens is 2. The van der Waals surface area contributed by atoms with Gasteiger partial charge in [0.15, 0.2) is 5.69 Å². The van der Waals surface area contributed by atoms with Gasteiger partial charge in [-0.25, -0.2) is 4.79 Å². The van der Waals surface area contributed by atoms with Gasteiger partial charge in [-0.3, -0.25) is 23.9 Å². The number of H-pyrrole nitrogens is 1. The highest BCUT2D eigenvalue weighted by molar-refractivity contribution is 6.31. The number of nitrogens with one attached hydrogen (secondary N) is 1. The summed E-state index contributed by atoms with van der Waals surface area (Å²) in [5.74, 6) is -1.10. The van der Waals surface area contributed by atoms with E-state index in [9.17, 15) is 19.2 Å². The van der Waals surface area contributed by atoms with Gasteiger partial charge in [0.25, 0.3) is 5.56 Å². The fourth-order valence-electron chi connectivity index (χ4n) is 4.18. The topological polar surface area (TPSA) is 121 Å². The van der Waals surface area contributed by atoms with E-state index < -0.39 is 17.2 Å². The summed E-state index contributed by atoms with van der Waals surface area (Å²) in [6.45, 7) is 8.70. The normalized spacial score (nSPS) is 16.0. The number of aromatic amines is 1. The number of likely N-dealkylation sites (tertiary alicyclic amines) is 1. The second kappa shape index (κ2) is 10.5. The molecule has 0 spiro atoms. The summed E-state index contributed by atoms with van der Waals surface area (Å²) >= 11 is 6.24. The molecule has 2 amide bonds. The number of halogens is 1. The number of benzene rings is 1. The van der Waals surface area contributed by atoms with Crippen molar-refractivity contribution < 1.29 is 9.59 Å². The Hall–Kier alpha value is -3.07. The summed E-state index contributed by atoms with van der Waals surface area (Å²) in [6.07, 6.45) is 0.0291. The minimum absolute atomic E-state index is 0.0181. The number of nitrogens with two attached hydrogens (primary N) is 1. The first kappa shape index (κ1) is 25.6. The molecule has 1 fully saturated rings. The van der Waals surface area contributed by atoms with E-state index in [4.69, 9.17) is 17.3 Å². The number of carbonyl (C=O) groups excluding carboxylic acids is 2. The zero-order chi connectivity index (χ0) is 25.2. The number of nitrogens with zero attached hydrogens (tertiary/aromatic N) is 3. The standard InChI is InChI=1S/C24H32ClN5O4/c1-14(2)10-29(20-21(26)30(11-15(3)4)24(34)27-22(20)32)23(33)17-9-19(31)28(13-17)12-16-7-5-6-8-18(16)25/h5-8,14-15,17H,9-13,26H2,1-4H3,(H,27,32,34). The summed E-state index contributed by atoms with van der Waals surface area (Å²) in [5.41, 5.74) is 5.70. The third-order valence-corrected chi connectivity index (χ3v) is 6.10. The molecular formula is C24H32ClN5O4. The van der Waals surface area contributed by atoms with Gasteiger partial charge in [-0.05, 0) is 23.5 Å². The van der Waals surface area contributed by atoms with E-state index in [1.165, 1.54) is 9.47 Å². The predicted molar refractivity (Wildman–Crippen MR) is 133 cm³/mol. The Bertz CT molecular complexity index is 1190. The molecule has 0 aliphatic carbocycles. The van der Waals surface area contributed by atoms with Crippen molar-refractivity contribution in [1.82, 2.24) is 14.5 Å². The van der Waals surface area contributed by atoms with Gasteiger partial charge in [-0.2, -0.15) is 0 Å². The van der Waals surface area contributed by atoms with Crippen LogP contribution in [0.15, 0.2) is 33.9 Å². The molecule has 184 valence electrons. The maximum Gasteiger partial charge on any atom is 0.330 e. The van der Waals surface area contributed by atoms with Gasteiger partial charge in [-0.1, -0.05) is 57.5 Å². The molecule has 0 radical (unpaired) electrons. The molecule has 1 aliphatic rings. The van der Waals surface area contributed by atoms with Crippen molar-refractivity contribution in [1.29, 1.82) is 0 Å². The summed E-state index contributed by atoms with van der Waals surface area (Å²) in [4.78, 5) is 56.8. The van der Waals surface area contributed by atoms with Gasteiger partial charge in [0.1, 0.15) is 5.82 Å². The molecule has 34 heavy (non-hydrogen) atoms. The van der Waals surface area contributed by atoms with Gasteiger partial charge < -0.3 is 15.5 Å². The molecular weight excluding hydrogens is 458 g/mol. The van der Waals surface area contributed by atoms with Gasteiger partial charge in [-0.15, -0.1) is 0 Å². The maximum absolute atomic E-state index is 13.6. The number of amides is 2. The first-order valence-corrected chi connectivity index (χ1v) is 11.8. The first-order valence-electron chi connectivity index (χ1n) is 11.4. The number of carbonyl (C=O) groups is 2. The number of hydrogen-bond donors (Lipinski definition) is 2. The number of rotatable bonds is 8. The molecule has 1 aliphatic heterocycles. The quantitative estimate of drug-likeness (QED) is 0.590. The molecule has 1 saturated heterocycles. The van der Waals surface area contributed by atoms with Crippen LogP contribution in [0.3, 0.4) is 0 Å². The Morgan fingerprint density at radius 2 is 1.85 bits per heavy atom. The molecule has 1 aromatic heterocycles. The van der Waals surface area contributed by atoms with E-state index in [1.54, 1.807) is 11.0 Å². The van der Waals surface area contributed by atoms with Crippen LogP contribution in [0, 0.1) is 17.8 Å². The van der Waals surface area contributed by atoms with E-state index in [1.807, 2.05) is 45.9 Å². The van der Waals surface area contributed by atoms with E-state index in [-0.39, 0.29) is 54.7 Å². The average molecular weight is 490 g/mol. The van der Waals surface area contributed by atoms with E-state index in [0.717, 1.165) is 5.56 Å². The van der Waals surface area contributed by atoms with Crippen molar-refractivity contribution in [3.05, 3.63) is 55.7 Å². The van der Waals surface area contributed by atoms with Crippen LogP contribution in [0.4, 0.5) is 11.5 Å². The van der Waals surface area contributed by atoms with Crippen molar-refractivity contribution in [2.75, 3.05) is 23.7 Å². The van der Waals surface area contributed by atoms with Crippen molar-refractivity contribution in [3.63, 3.8) is 0 Å².